The fraction of sp³-hybridized carbons (Fsp3) is 0.529. The van der Waals surface area contributed by atoms with E-state index < -0.39 is 23.4 Å². The largest absolute Gasteiger partial charge is 0.444 e. The van der Waals surface area contributed by atoms with Crippen molar-refractivity contribution in [2.45, 2.75) is 59.3 Å². The molecule has 1 rings (SSSR count). The predicted molar refractivity (Wildman–Crippen MR) is 88.2 cm³/mol. The highest BCUT2D eigenvalue weighted by Crippen LogP contribution is 2.13. The van der Waals surface area contributed by atoms with Gasteiger partial charge in [-0.05, 0) is 53.2 Å². The molecule has 0 heterocycles. The minimum Gasteiger partial charge on any atom is -0.444 e. The standard InChI is InChI=1S/C17H25N2O4/c1-16(2,3)22-14(20)18-11-12-8-7-9-13(10-12)19-15(21)23-17(4,5)6/h7-9H,11H2,1-6H3,(H,18,20)(H,19,21). The second kappa shape index (κ2) is 7.35. The second-order valence-electron chi connectivity index (χ2n) is 7.07. The van der Waals surface area contributed by atoms with E-state index in [1.807, 2.05) is 0 Å². The van der Waals surface area contributed by atoms with Crippen molar-refractivity contribution in [2.75, 3.05) is 5.32 Å². The summed E-state index contributed by atoms with van der Waals surface area (Å²) in [5.41, 5.74) is 0.0700. The Hall–Kier alpha value is -2.24. The first-order valence-electron chi connectivity index (χ1n) is 7.43. The Morgan fingerprint density at radius 1 is 1.00 bits per heavy atom. The van der Waals surface area contributed by atoms with Gasteiger partial charge in [-0.3, -0.25) is 5.32 Å². The normalized spacial score (nSPS) is 11.6. The van der Waals surface area contributed by atoms with Gasteiger partial charge in [0.2, 0.25) is 0 Å². The number of alkyl carbamates (subject to hydrolysis) is 1. The van der Waals surface area contributed by atoms with Crippen LogP contribution in [-0.2, 0) is 16.0 Å². The maximum atomic E-state index is 11.7. The lowest BCUT2D eigenvalue weighted by Crippen LogP contribution is -2.32. The van der Waals surface area contributed by atoms with Gasteiger partial charge >= 0.3 is 12.2 Å². The van der Waals surface area contributed by atoms with Gasteiger partial charge < -0.3 is 14.8 Å². The minimum atomic E-state index is -0.569. The molecule has 1 aromatic carbocycles. The van der Waals surface area contributed by atoms with Gasteiger partial charge in [-0.2, -0.15) is 0 Å². The van der Waals surface area contributed by atoms with Crippen LogP contribution in [0.2, 0.25) is 0 Å². The SMILES string of the molecule is CC(C)(C)OC(=O)NCc1[c]c(NC(=O)OC(C)(C)C)ccc1. The van der Waals surface area contributed by atoms with Gasteiger partial charge in [0.25, 0.3) is 0 Å². The number of carbonyl (C=O) groups is 2. The van der Waals surface area contributed by atoms with Gasteiger partial charge in [0.05, 0.1) is 5.69 Å². The van der Waals surface area contributed by atoms with E-state index in [9.17, 15) is 9.59 Å². The summed E-state index contributed by atoms with van der Waals surface area (Å²) in [6, 6.07) is 8.24. The third-order valence-corrected chi connectivity index (χ3v) is 2.31. The van der Waals surface area contributed by atoms with Crippen molar-refractivity contribution in [3.8, 4) is 0 Å². The molecule has 0 aliphatic heterocycles. The molecule has 1 radical (unpaired) electrons. The molecule has 23 heavy (non-hydrogen) atoms. The minimum absolute atomic E-state index is 0.249. The third kappa shape index (κ3) is 8.70. The zero-order chi connectivity index (χ0) is 17.7. The van der Waals surface area contributed by atoms with Crippen LogP contribution in [-0.4, -0.2) is 23.4 Å². The number of benzene rings is 1. The summed E-state index contributed by atoms with van der Waals surface area (Å²) >= 11 is 0. The van der Waals surface area contributed by atoms with Gasteiger partial charge in [-0.15, -0.1) is 0 Å². The van der Waals surface area contributed by atoms with Crippen LogP contribution in [0.3, 0.4) is 0 Å². The lowest BCUT2D eigenvalue weighted by atomic mass is 10.2. The van der Waals surface area contributed by atoms with Gasteiger partial charge in [0.1, 0.15) is 11.2 Å². The lowest BCUT2D eigenvalue weighted by Gasteiger charge is -2.20. The van der Waals surface area contributed by atoms with Crippen LogP contribution >= 0.6 is 0 Å². The average molecular weight is 321 g/mol. The molecule has 0 atom stereocenters. The second-order valence-corrected chi connectivity index (χ2v) is 7.07. The molecule has 0 bridgehead atoms. The number of nitrogens with one attached hydrogen (secondary N) is 2. The summed E-state index contributed by atoms with van der Waals surface area (Å²) in [6.07, 6.45) is -1.05. The summed E-state index contributed by atoms with van der Waals surface area (Å²) in [4.78, 5) is 23.3. The van der Waals surface area contributed by atoms with E-state index in [4.69, 9.17) is 9.47 Å². The topological polar surface area (TPSA) is 76.7 Å². The molecule has 0 aromatic heterocycles. The van der Waals surface area contributed by atoms with E-state index >= 15 is 0 Å². The van der Waals surface area contributed by atoms with E-state index in [1.54, 1.807) is 59.7 Å². The molecule has 0 saturated carbocycles. The molecule has 2 amide bonds. The van der Waals surface area contributed by atoms with Crippen LogP contribution in [0.25, 0.3) is 0 Å². The molecular weight excluding hydrogens is 296 g/mol. The lowest BCUT2D eigenvalue weighted by molar-refractivity contribution is 0.0522. The van der Waals surface area contributed by atoms with Gasteiger partial charge in [0.15, 0.2) is 0 Å². The molecule has 1 aromatic rings. The van der Waals surface area contributed by atoms with E-state index in [-0.39, 0.29) is 6.54 Å². The fourth-order valence-electron chi connectivity index (χ4n) is 1.59. The Kier molecular flexibility index (Phi) is 6.01. The van der Waals surface area contributed by atoms with Crippen LogP contribution in [0.1, 0.15) is 47.1 Å². The van der Waals surface area contributed by atoms with Crippen molar-refractivity contribution in [3.05, 3.63) is 29.8 Å². The molecule has 0 fully saturated rings. The number of amides is 2. The predicted octanol–water partition coefficient (Wildman–Crippen LogP) is 3.86. The van der Waals surface area contributed by atoms with Crippen molar-refractivity contribution < 1.29 is 19.1 Å². The van der Waals surface area contributed by atoms with E-state index in [0.717, 1.165) is 0 Å². The zero-order valence-electron chi connectivity index (χ0n) is 14.6. The molecule has 127 valence electrons. The monoisotopic (exact) mass is 321 g/mol. The molecule has 0 unspecified atom stereocenters. The summed E-state index contributed by atoms with van der Waals surface area (Å²) < 4.78 is 10.3. The molecule has 0 spiro atoms. The molecule has 0 aliphatic rings. The van der Waals surface area contributed by atoms with Gasteiger partial charge in [-0.1, -0.05) is 12.1 Å². The smallest absolute Gasteiger partial charge is 0.412 e. The molecule has 0 saturated heterocycles. The van der Waals surface area contributed by atoms with E-state index in [2.05, 4.69) is 16.7 Å². The van der Waals surface area contributed by atoms with Gasteiger partial charge in [-0.25, -0.2) is 9.59 Å². The maximum absolute atomic E-state index is 11.7. The quantitative estimate of drug-likeness (QED) is 0.886. The van der Waals surface area contributed by atoms with Crippen LogP contribution in [0.4, 0.5) is 15.3 Å². The Bertz CT molecular complexity index is 556. The Morgan fingerprint density at radius 3 is 2.13 bits per heavy atom. The molecule has 0 aliphatic carbocycles. The van der Waals surface area contributed by atoms with Crippen molar-refractivity contribution in [2.24, 2.45) is 0 Å². The highest BCUT2D eigenvalue weighted by Gasteiger charge is 2.17. The number of carbonyl (C=O) groups excluding carboxylic acids is 2. The van der Waals surface area contributed by atoms with Crippen molar-refractivity contribution in [1.82, 2.24) is 5.32 Å². The van der Waals surface area contributed by atoms with Crippen LogP contribution in [0.5, 0.6) is 0 Å². The Morgan fingerprint density at radius 2 is 1.57 bits per heavy atom. The molecular formula is C17H25N2O4. The average Bonchev–Trinajstić information content (AvgIpc) is 2.32. The summed E-state index contributed by atoms with van der Waals surface area (Å²) in [5.74, 6) is 0. The van der Waals surface area contributed by atoms with Crippen molar-refractivity contribution in [1.29, 1.82) is 0 Å². The summed E-state index contributed by atoms with van der Waals surface area (Å²) in [7, 11) is 0. The molecule has 6 nitrogen and oxygen atoms in total. The number of ether oxygens (including phenoxy) is 2. The maximum Gasteiger partial charge on any atom is 0.412 e. The van der Waals surface area contributed by atoms with Crippen LogP contribution in [0, 0.1) is 6.07 Å². The fourth-order valence-corrected chi connectivity index (χ4v) is 1.59. The molecule has 2 N–H and O–H groups in total. The summed E-state index contributed by atoms with van der Waals surface area (Å²) in [6.45, 7) is 11.0. The van der Waals surface area contributed by atoms with Crippen molar-refractivity contribution in [3.63, 3.8) is 0 Å². The number of anilines is 1. The Labute approximate surface area is 137 Å². The van der Waals surface area contributed by atoms with E-state index in [0.29, 0.717) is 11.3 Å². The number of hydrogen-bond acceptors (Lipinski definition) is 4. The highest BCUT2D eigenvalue weighted by atomic mass is 16.6. The molecule has 6 heteroatoms. The summed E-state index contributed by atoms with van der Waals surface area (Å²) in [5, 5.41) is 5.24. The highest BCUT2D eigenvalue weighted by molar-refractivity contribution is 5.84. The van der Waals surface area contributed by atoms with Crippen LogP contribution < -0.4 is 10.6 Å². The first kappa shape index (κ1) is 18.8. The van der Waals surface area contributed by atoms with E-state index in [1.165, 1.54) is 0 Å². The van der Waals surface area contributed by atoms with Crippen molar-refractivity contribution >= 4 is 17.9 Å². The Balaban J connectivity index is 2.57. The van der Waals surface area contributed by atoms with Gasteiger partial charge in [0, 0.05) is 12.6 Å². The zero-order valence-corrected chi connectivity index (χ0v) is 14.6. The first-order chi connectivity index (χ1) is 10.4. The first-order valence-corrected chi connectivity index (χ1v) is 7.43. The number of rotatable bonds is 3. The van der Waals surface area contributed by atoms with Crippen LogP contribution in [0.15, 0.2) is 18.2 Å². The third-order valence-electron chi connectivity index (χ3n) is 2.31. The number of hydrogen-bond donors (Lipinski definition) is 2.